The smallest absolute Gasteiger partial charge is 0.214 e. The summed E-state index contributed by atoms with van der Waals surface area (Å²) in [6, 6.07) is 14.4. The number of imidazole rings is 2. The number of nitrogens with one attached hydrogen (secondary N) is 1. The maximum Gasteiger partial charge on any atom is 0.214 e. The molecule has 1 aliphatic rings. The summed E-state index contributed by atoms with van der Waals surface area (Å²) in [6.07, 6.45) is 1.90. The van der Waals surface area contributed by atoms with Crippen molar-refractivity contribution in [3.8, 4) is 28.5 Å². The van der Waals surface area contributed by atoms with Gasteiger partial charge in [-0.2, -0.15) is 0 Å². The van der Waals surface area contributed by atoms with Crippen LogP contribution in [0.2, 0.25) is 0 Å². The Morgan fingerprint density at radius 3 is 2.42 bits per heavy atom. The largest absolute Gasteiger partial charge is 0.497 e. The van der Waals surface area contributed by atoms with Gasteiger partial charge >= 0.3 is 0 Å². The third kappa shape index (κ3) is 2.52. The fraction of sp³-hybridized carbons (Fsp3) is 0.0435. The number of ketones is 2. The number of methoxy groups -OCH3 is 1. The van der Waals surface area contributed by atoms with Crippen LogP contribution in [0, 0.1) is 0 Å². The van der Waals surface area contributed by atoms with Gasteiger partial charge in [0.05, 0.1) is 7.11 Å². The van der Waals surface area contributed by atoms with Gasteiger partial charge in [0.15, 0.2) is 10.8 Å². The Kier molecular flexibility index (Phi) is 3.72. The van der Waals surface area contributed by atoms with E-state index in [0.717, 1.165) is 16.3 Å². The van der Waals surface area contributed by atoms with Crippen molar-refractivity contribution >= 4 is 27.9 Å². The van der Waals surface area contributed by atoms with Gasteiger partial charge < -0.3 is 9.72 Å². The third-order valence-corrected chi connectivity index (χ3v) is 6.17. The molecule has 0 amide bonds. The van der Waals surface area contributed by atoms with Crippen LogP contribution in [-0.2, 0) is 0 Å². The first-order chi connectivity index (χ1) is 15.2. The van der Waals surface area contributed by atoms with Crippen molar-refractivity contribution in [1.29, 1.82) is 0 Å². The number of ether oxygens (including phenoxy) is 1. The van der Waals surface area contributed by atoms with Crippen molar-refractivity contribution in [3.63, 3.8) is 0 Å². The number of hydrogen-bond acceptors (Lipinski definition) is 6. The summed E-state index contributed by atoms with van der Waals surface area (Å²) in [7, 11) is 1.62. The standard InChI is InChI=1S/C23H14N4O3S/c1-30-13-8-6-12(7-9-13)16-19(27-10-11-31-23(27)26-16)22-24-17-18(25-22)21(29)15-5-3-2-4-14(15)20(17)28/h2-11H,1H3,(H,24,25). The van der Waals surface area contributed by atoms with Gasteiger partial charge in [0, 0.05) is 28.3 Å². The molecule has 0 unspecified atom stereocenters. The Morgan fingerprint density at radius 2 is 1.68 bits per heavy atom. The molecule has 1 N–H and O–H groups in total. The van der Waals surface area contributed by atoms with Crippen LogP contribution in [0.3, 0.4) is 0 Å². The molecule has 0 atom stereocenters. The van der Waals surface area contributed by atoms with E-state index in [0.29, 0.717) is 28.3 Å². The van der Waals surface area contributed by atoms with Crippen molar-refractivity contribution in [2.24, 2.45) is 0 Å². The molecule has 0 aliphatic heterocycles. The monoisotopic (exact) mass is 426 g/mol. The first kappa shape index (κ1) is 17.8. The SMILES string of the molecule is COc1ccc(-c2nc3sccn3c2-c2nc3c([nH]2)C(=O)c2ccccc2C3=O)cc1. The second-order valence-corrected chi connectivity index (χ2v) is 7.98. The highest BCUT2D eigenvalue weighted by molar-refractivity contribution is 7.15. The summed E-state index contributed by atoms with van der Waals surface area (Å²) in [5.41, 5.74) is 3.40. The van der Waals surface area contributed by atoms with Crippen LogP contribution in [0.25, 0.3) is 27.7 Å². The van der Waals surface area contributed by atoms with Gasteiger partial charge in [-0.25, -0.2) is 9.97 Å². The van der Waals surface area contributed by atoms with E-state index in [4.69, 9.17) is 9.72 Å². The second kappa shape index (κ2) is 6.48. The lowest BCUT2D eigenvalue weighted by molar-refractivity contribution is 0.0974. The molecule has 2 aromatic carbocycles. The lowest BCUT2D eigenvalue weighted by atomic mass is 9.90. The first-order valence-corrected chi connectivity index (χ1v) is 10.4. The van der Waals surface area contributed by atoms with Crippen molar-refractivity contribution < 1.29 is 14.3 Å². The van der Waals surface area contributed by atoms with E-state index in [1.54, 1.807) is 31.4 Å². The molecule has 6 rings (SSSR count). The maximum absolute atomic E-state index is 13.0. The number of H-pyrrole nitrogens is 1. The van der Waals surface area contributed by atoms with E-state index in [1.807, 2.05) is 40.2 Å². The number of aromatic nitrogens is 4. The van der Waals surface area contributed by atoms with Crippen molar-refractivity contribution in [2.45, 2.75) is 0 Å². The molecule has 0 bridgehead atoms. The minimum atomic E-state index is -0.259. The third-order valence-electron chi connectivity index (χ3n) is 5.41. The van der Waals surface area contributed by atoms with Crippen molar-refractivity contribution in [1.82, 2.24) is 19.4 Å². The fourth-order valence-corrected chi connectivity index (χ4v) is 4.63. The number of hydrogen-bond donors (Lipinski definition) is 1. The molecule has 0 fully saturated rings. The number of benzene rings is 2. The zero-order chi connectivity index (χ0) is 21.1. The molecule has 5 aromatic rings. The average molecular weight is 426 g/mol. The highest BCUT2D eigenvalue weighted by atomic mass is 32.1. The van der Waals surface area contributed by atoms with Gasteiger partial charge in [-0.15, -0.1) is 11.3 Å². The van der Waals surface area contributed by atoms with Gasteiger partial charge in [-0.1, -0.05) is 24.3 Å². The number of carbonyl (C=O) groups excluding carboxylic acids is 2. The predicted molar refractivity (Wildman–Crippen MR) is 116 cm³/mol. The van der Waals surface area contributed by atoms with Crippen LogP contribution >= 0.6 is 11.3 Å². The van der Waals surface area contributed by atoms with Gasteiger partial charge in [0.2, 0.25) is 11.6 Å². The Balaban J connectivity index is 1.56. The quantitative estimate of drug-likeness (QED) is 0.457. The number of thiazole rings is 1. The van der Waals surface area contributed by atoms with Crippen LogP contribution in [0.15, 0.2) is 60.1 Å². The molecule has 31 heavy (non-hydrogen) atoms. The molecule has 0 radical (unpaired) electrons. The minimum Gasteiger partial charge on any atom is -0.497 e. The first-order valence-electron chi connectivity index (χ1n) is 9.54. The molecular formula is C23H14N4O3S. The molecule has 0 spiro atoms. The average Bonchev–Trinajstić information content (AvgIpc) is 3.52. The summed E-state index contributed by atoms with van der Waals surface area (Å²) in [6.45, 7) is 0. The normalized spacial score (nSPS) is 12.8. The van der Waals surface area contributed by atoms with Crippen LogP contribution in [0.4, 0.5) is 0 Å². The number of carbonyl (C=O) groups is 2. The zero-order valence-electron chi connectivity index (χ0n) is 16.2. The number of rotatable bonds is 3. The summed E-state index contributed by atoms with van der Waals surface area (Å²) in [5.74, 6) is 0.677. The predicted octanol–water partition coefficient (Wildman–Crippen LogP) is 4.24. The Morgan fingerprint density at radius 1 is 0.935 bits per heavy atom. The van der Waals surface area contributed by atoms with Gasteiger partial charge in [0.25, 0.3) is 0 Å². The van der Waals surface area contributed by atoms with E-state index in [1.165, 1.54) is 11.3 Å². The van der Waals surface area contributed by atoms with Crippen LogP contribution in [-0.4, -0.2) is 38.0 Å². The second-order valence-electron chi connectivity index (χ2n) is 7.11. The van der Waals surface area contributed by atoms with Gasteiger partial charge in [-0.05, 0) is 24.3 Å². The maximum atomic E-state index is 13.0. The van der Waals surface area contributed by atoms with Gasteiger partial charge in [0.1, 0.15) is 28.5 Å². The van der Waals surface area contributed by atoms with E-state index >= 15 is 0 Å². The zero-order valence-corrected chi connectivity index (χ0v) is 17.1. The molecule has 150 valence electrons. The molecule has 1 aliphatic carbocycles. The topological polar surface area (TPSA) is 89.3 Å². The highest BCUT2D eigenvalue weighted by Crippen LogP contribution is 2.35. The summed E-state index contributed by atoms with van der Waals surface area (Å²) in [4.78, 5) is 39.3. The lowest BCUT2D eigenvalue weighted by Crippen LogP contribution is -2.20. The van der Waals surface area contributed by atoms with Crippen LogP contribution in [0.5, 0.6) is 5.75 Å². The molecule has 3 aromatic heterocycles. The Hall–Kier alpha value is -4.04. The summed E-state index contributed by atoms with van der Waals surface area (Å²) >= 11 is 1.50. The molecule has 8 heteroatoms. The fourth-order valence-electron chi connectivity index (χ4n) is 3.92. The molecule has 7 nitrogen and oxygen atoms in total. The van der Waals surface area contributed by atoms with Crippen molar-refractivity contribution in [2.75, 3.05) is 7.11 Å². The van der Waals surface area contributed by atoms with E-state index in [2.05, 4.69) is 9.97 Å². The number of nitrogens with zero attached hydrogens (tertiary/aromatic N) is 3. The van der Waals surface area contributed by atoms with Gasteiger partial charge in [-0.3, -0.25) is 14.0 Å². The highest BCUT2D eigenvalue weighted by Gasteiger charge is 2.34. The molecule has 0 saturated carbocycles. The summed E-state index contributed by atoms with van der Waals surface area (Å²) < 4.78 is 7.17. The van der Waals surface area contributed by atoms with E-state index in [9.17, 15) is 9.59 Å². The van der Waals surface area contributed by atoms with E-state index < -0.39 is 0 Å². The van der Waals surface area contributed by atoms with Crippen molar-refractivity contribution in [3.05, 3.63) is 82.6 Å². The lowest BCUT2D eigenvalue weighted by Gasteiger charge is -2.11. The molecular weight excluding hydrogens is 412 g/mol. The van der Waals surface area contributed by atoms with Crippen LogP contribution < -0.4 is 4.74 Å². The summed E-state index contributed by atoms with van der Waals surface area (Å²) in [5, 5.41) is 1.93. The molecule has 3 heterocycles. The minimum absolute atomic E-state index is 0.143. The Labute approximate surface area is 180 Å². The number of fused-ring (bicyclic) bond motifs is 3. The van der Waals surface area contributed by atoms with Crippen LogP contribution in [0.1, 0.15) is 32.1 Å². The Bertz CT molecular complexity index is 1460. The molecule has 0 saturated heterocycles. The van der Waals surface area contributed by atoms with E-state index in [-0.39, 0.29) is 23.0 Å². The number of aromatic amines is 1.